The molecule has 1 saturated heterocycles. The Bertz CT molecular complexity index is 418. The highest BCUT2D eigenvalue weighted by atomic mass is 35.5. The van der Waals surface area contributed by atoms with E-state index in [1.807, 2.05) is 18.2 Å². The summed E-state index contributed by atoms with van der Waals surface area (Å²) in [7, 11) is 0. The van der Waals surface area contributed by atoms with Gasteiger partial charge in [0.2, 0.25) is 5.91 Å². The van der Waals surface area contributed by atoms with Crippen molar-refractivity contribution in [3.63, 3.8) is 0 Å². The number of hydrogen-bond donors (Lipinski definition) is 2. The standard InChI is InChI=1S/C13H18N2O.ClH/c1-13(2)7-11(15-8-13)9-5-3-4-6-10(9)12(14)16;/h3-6,11,15H,7-8H2,1-2H3,(H2,14,16);1H. The van der Waals surface area contributed by atoms with Gasteiger partial charge in [-0.25, -0.2) is 0 Å². The number of nitrogens with one attached hydrogen (secondary N) is 1. The minimum Gasteiger partial charge on any atom is -0.366 e. The van der Waals surface area contributed by atoms with Gasteiger partial charge in [0, 0.05) is 18.2 Å². The van der Waals surface area contributed by atoms with Crippen molar-refractivity contribution < 1.29 is 4.79 Å². The summed E-state index contributed by atoms with van der Waals surface area (Å²) in [4.78, 5) is 11.3. The first kappa shape index (κ1) is 14.0. The number of nitrogens with two attached hydrogens (primary N) is 1. The average Bonchev–Trinajstić information content (AvgIpc) is 2.59. The van der Waals surface area contributed by atoms with E-state index < -0.39 is 0 Å². The quantitative estimate of drug-likeness (QED) is 0.851. The third-order valence-corrected chi connectivity index (χ3v) is 3.19. The van der Waals surface area contributed by atoms with Crippen molar-refractivity contribution in [2.24, 2.45) is 11.1 Å². The minimum absolute atomic E-state index is 0. The van der Waals surface area contributed by atoms with Crippen molar-refractivity contribution in [3.05, 3.63) is 35.4 Å². The van der Waals surface area contributed by atoms with E-state index in [0.717, 1.165) is 18.5 Å². The maximum atomic E-state index is 11.3. The molecule has 1 fully saturated rings. The average molecular weight is 255 g/mol. The maximum absolute atomic E-state index is 11.3. The summed E-state index contributed by atoms with van der Waals surface area (Å²) in [5.41, 5.74) is 7.34. The first-order chi connectivity index (χ1) is 7.49. The Morgan fingerprint density at radius 3 is 2.59 bits per heavy atom. The summed E-state index contributed by atoms with van der Waals surface area (Å²) in [6, 6.07) is 7.83. The molecule has 1 unspecified atom stereocenters. The van der Waals surface area contributed by atoms with E-state index in [-0.39, 0.29) is 29.8 Å². The Morgan fingerprint density at radius 2 is 2.06 bits per heavy atom. The maximum Gasteiger partial charge on any atom is 0.249 e. The van der Waals surface area contributed by atoms with Gasteiger partial charge in [-0.15, -0.1) is 12.4 Å². The van der Waals surface area contributed by atoms with E-state index >= 15 is 0 Å². The monoisotopic (exact) mass is 254 g/mol. The highest BCUT2D eigenvalue weighted by molar-refractivity contribution is 5.94. The second-order valence-electron chi connectivity index (χ2n) is 5.25. The lowest BCUT2D eigenvalue weighted by molar-refractivity contribution is 0.0998. The molecule has 3 nitrogen and oxygen atoms in total. The fourth-order valence-electron chi connectivity index (χ4n) is 2.34. The third kappa shape index (κ3) is 2.99. The van der Waals surface area contributed by atoms with Crippen LogP contribution in [-0.4, -0.2) is 12.5 Å². The molecule has 0 spiro atoms. The molecular weight excluding hydrogens is 236 g/mol. The number of carbonyl (C=O) groups is 1. The van der Waals surface area contributed by atoms with Gasteiger partial charge < -0.3 is 11.1 Å². The molecule has 94 valence electrons. The number of hydrogen-bond acceptors (Lipinski definition) is 2. The minimum atomic E-state index is -0.345. The molecule has 1 aliphatic rings. The summed E-state index contributed by atoms with van der Waals surface area (Å²) < 4.78 is 0. The lowest BCUT2D eigenvalue weighted by atomic mass is 9.87. The number of benzene rings is 1. The van der Waals surface area contributed by atoms with Gasteiger partial charge in [0.1, 0.15) is 0 Å². The van der Waals surface area contributed by atoms with E-state index in [1.165, 1.54) is 0 Å². The molecule has 3 N–H and O–H groups in total. The SMILES string of the molecule is CC1(C)CNC(c2ccccc2C(N)=O)C1.Cl. The molecule has 1 heterocycles. The second-order valence-corrected chi connectivity index (χ2v) is 5.25. The van der Waals surface area contributed by atoms with Crippen LogP contribution in [0.4, 0.5) is 0 Å². The van der Waals surface area contributed by atoms with Crippen LogP contribution in [0.5, 0.6) is 0 Å². The van der Waals surface area contributed by atoms with Gasteiger partial charge in [0.05, 0.1) is 0 Å². The highest BCUT2D eigenvalue weighted by Crippen LogP contribution is 2.36. The fourth-order valence-corrected chi connectivity index (χ4v) is 2.34. The van der Waals surface area contributed by atoms with Crippen LogP contribution in [0.15, 0.2) is 24.3 Å². The largest absolute Gasteiger partial charge is 0.366 e. The van der Waals surface area contributed by atoms with E-state index in [9.17, 15) is 4.79 Å². The van der Waals surface area contributed by atoms with Gasteiger partial charge in [-0.05, 0) is 23.5 Å². The summed E-state index contributed by atoms with van der Waals surface area (Å²) >= 11 is 0. The number of halogens is 1. The molecule has 0 radical (unpaired) electrons. The predicted octanol–water partition coefficient (Wildman–Crippen LogP) is 2.27. The van der Waals surface area contributed by atoms with Crippen LogP contribution in [-0.2, 0) is 0 Å². The molecule has 0 aromatic heterocycles. The Kier molecular flexibility index (Phi) is 4.17. The zero-order valence-electron chi connectivity index (χ0n) is 10.2. The molecule has 1 aliphatic heterocycles. The van der Waals surface area contributed by atoms with E-state index in [0.29, 0.717) is 5.56 Å². The van der Waals surface area contributed by atoms with Gasteiger partial charge in [0.25, 0.3) is 0 Å². The van der Waals surface area contributed by atoms with Crippen LogP contribution in [0.2, 0.25) is 0 Å². The van der Waals surface area contributed by atoms with Gasteiger partial charge in [0.15, 0.2) is 0 Å². The summed E-state index contributed by atoms with van der Waals surface area (Å²) in [5, 5.41) is 3.45. The van der Waals surface area contributed by atoms with Crippen LogP contribution >= 0.6 is 12.4 Å². The van der Waals surface area contributed by atoms with Gasteiger partial charge in [-0.3, -0.25) is 4.79 Å². The van der Waals surface area contributed by atoms with Crippen molar-refractivity contribution in [2.45, 2.75) is 26.3 Å². The van der Waals surface area contributed by atoms with Crippen LogP contribution in [0.1, 0.15) is 42.2 Å². The zero-order valence-corrected chi connectivity index (χ0v) is 11.0. The lowest BCUT2D eigenvalue weighted by Gasteiger charge is -2.17. The van der Waals surface area contributed by atoms with Crippen molar-refractivity contribution in [2.75, 3.05) is 6.54 Å². The van der Waals surface area contributed by atoms with Gasteiger partial charge in [-0.2, -0.15) is 0 Å². The number of rotatable bonds is 2. The predicted molar refractivity (Wildman–Crippen MR) is 71.3 cm³/mol. The molecule has 0 saturated carbocycles. The van der Waals surface area contributed by atoms with Crippen molar-refractivity contribution in [3.8, 4) is 0 Å². The van der Waals surface area contributed by atoms with Crippen molar-refractivity contribution in [1.82, 2.24) is 5.32 Å². The molecule has 1 aromatic rings. The topological polar surface area (TPSA) is 55.1 Å². The molecule has 1 atom stereocenters. The molecule has 4 heteroatoms. The fraction of sp³-hybridized carbons (Fsp3) is 0.462. The van der Waals surface area contributed by atoms with E-state index in [2.05, 4.69) is 19.2 Å². The first-order valence-electron chi connectivity index (χ1n) is 5.62. The smallest absolute Gasteiger partial charge is 0.249 e. The first-order valence-corrected chi connectivity index (χ1v) is 5.62. The summed E-state index contributed by atoms with van der Waals surface area (Å²) in [5.74, 6) is -0.345. The molecule has 0 bridgehead atoms. The second kappa shape index (κ2) is 5.07. The molecule has 1 aromatic carbocycles. The Balaban J connectivity index is 0.00000144. The summed E-state index contributed by atoms with van der Waals surface area (Å²) in [6.07, 6.45) is 1.04. The lowest BCUT2D eigenvalue weighted by Crippen LogP contribution is -2.20. The normalized spacial score (nSPS) is 21.9. The van der Waals surface area contributed by atoms with Gasteiger partial charge in [-0.1, -0.05) is 32.0 Å². The number of primary amides is 1. The Labute approximate surface area is 108 Å². The Hall–Kier alpha value is -1.06. The summed E-state index contributed by atoms with van der Waals surface area (Å²) in [6.45, 7) is 5.44. The van der Waals surface area contributed by atoms with Crippen molar-refractivity contribution in [1.29, 1.82) is 0 Å². The van der Waals surface area contributed by atoms with Crippen molar-refractivity contribution >= 4 is 18.3 Å². The van der Waals surface area contributed by atoms with Crippen LogP contribution in [0.25, 0.3) is 0 Å². The third-order valence-electron chi connectivity index (χ3n) is 3.19. The molecule has 1 amide bonds. The number of amides is 1. The number of carbonyl (C=O) groups excluding carboxylic acids is 1. The van der Waals surface area contributed by atoms with Crippen LogP contribution < -0.4 is 11.1 Å². The molecule has 17 heavy (non-hydrogen) atoms. The highest BCUT2D eigenvalue weighted by Gasteiger charge is 2.32. The molecular formula is C13H19ClN2O. The zero-order chi connectivity index (χ0) is 11.8. The van der Waals surface area contributed by atoms with Gasteiger partial charge >= 0.3 is 0 Å². The van der Waals surface area contributed by atoms with E-state index in [4.69, 9.17) is 5.73 Å². The molecule has 2 rings (SSSR count). The molecule has 0 aliphatic carbocycles. The van der Waals surface area contributed by atoms with Crippen LogP contribution in [0.3, 0.4) is 0 Å². The van der Waals surface area contributed by atoms with Crippen LogP contribution in [0, 0.1) is 5.41 Å². The van der Waals surface area contributed by atoms with E-state index in [1.54, 1.807) is 6.07 Å². The Morgan fingerprint density at radius 1 is 1.41 bits per heavy atom.